The summed E-state index contributed by atoms with van der Waals surface area (Å²) in [6, 6.07) is 7.87. The first-order chi connectivity index (χ1) is 11.1. The van der Waals surface area contributed by atoms with Crippen LogP contribution in [0.4, 0.5) is 0 Å². The molecular weight excluding hydrogens is 308 g/mol. The molecule has 3 aromatic rings. The van der Waals surface area contributed by atoms with E-state index in [1.807, 2.05) is 31.2 Å². The van der Waals surface area contributed by atoms with Crippen LogP contribution >= 0.6 is 11.3 Å². The molecule has 2 heterocycles. The van der Waals surface area contributed by atoms with E-state index in [0.717, 1.165) is 33.1 Å². The molecule has 0 aliphatic heterocycles. The molecule has 2 N–H and O–H groups in total. The van der Waals surface area contributed by atoms with Crippen molar-refractivity contribution >= 4 is 11.3 Å². The average molecular weight is 328 g/mol. The van der Waals surface area contributed by atoms with E-state index >= 15 is 0 Å². The fraction of sp³-hybridized carbons (Fsp3) is 0.353. The molecular formula is C17H20N4OS. The lowest BCUT2D eigenvalue weighted by molar-refractivity contribution is 0.433. The lowest BCUT2D eigenvalue weighted by Gasteiger charge is -1.97. The third kappa shape index (κ3) is 3.48. The normalized spacial score (nSPS) is 11.3. The van der Waals surface area contributed by atoms with E-state index in [1.54, 1.807) is 11.3 Å². The Morgan fingerprint density at radius 1 is 1.17 bits per heavy atom. The highest BCUT2D eigenvalue weighted by molar-refractivity contribution is 7.15. The van der Waals surface area contributed by atoms with Gasteiger partial charge in [0.25, 0.3) is 5.89 Å². The smallest absolute Gasteiger partial charge is 0.270 e. The van der Waals surface area contributed by atoms with Crippen molar-refractivity contribution < 1.29 is 4.52 Å². The molecule has 0 radical (unpaired) electrons. The van der Waals surface area contributed by atoms with E-state index < -0.39 is 0 Å². The molecule has 0 saturated carbocycles. The summed E-state index contributed by atoms with van der Waals surface area (Å²) in [6.07, 6.45) is 0.965. The monoisotopic (exact) mass is 328 g/mol. The van der Waals surface area contributed by atoms with Crippen molar-refractivity contribution in [1.82, 2.24) is 15.1 Å². The average Bonchev–Trinajstić information content (AvgIpc) is 3.13. The molecule has 120 valence electrons. The van der Waals surface area contributed by atoms with Gasteiger partial charge in [0.2, 0.25) is 5.82 Å². The highest BCUT2D eigenvalue weighted by Crippen LogP contribution is 2.31. The lowest BCUT2D eigenvalue weighted by Crippen LogP contribution is -1.95. The van der Waals surface area contributed by atoms with Crippen LogP contribution in [0.2, 0.25) is 0 Å². The van der Waals surface area contributed by atoms with Crippen LogP contribution in [0.1, 0.15) is 30.1 Å². The van der Waals surface area contributed by atoms with E-state index in [-0.39, 0.29) is 0 Å². The largest absolute Gasteiger partial charge is 0.333 e. The van der Waals surface area contributed by atoms with E-state index in [4.69, 9.17) is 10.3 Å². The van der Waals surface area contributed by atoms with Gasteiger partial charge >= 0.3 is 0 Å². The van der Waals surface area contributed by atoms with Crippen LogP contribution in [0.25, 0.3) is 22.2 Å². The predicted octanol–water partition coefficient (Wildman–Crippen LogP) is 3.83. The minimum absolute atomic E-state index is 0.524. The third-order valence-electron chi connectivity index (χ3n) is 3.49. The fourth-order valence-electron chi connectivity index (χ4n) is 2.31. The quantitative estimate of drug-likeness (QED) is 0.770. The number of aromatic nitrogens is 3. The zero-order chi connectivity index (χ0) is 16.4. The molecule has 0 saturated heterocycles. The summed E-state index contributed by atoms with van der Waals surface area (Å²) in [7, 11) is 0. The molecule has 23 heavy (non-hydrogen) atoms. The van der Waals surface area contributed by atoms with Crippen LogP contribution in [0.5, 0.6) is 0 Å². The van der Waals surface area contributed by atoms with Gasteiger partial charge < -0.3 is 10.3 Å². The van der Waals surface area contributed by atoms with Gasteiger partial charge in [0.1, 0.15) is 4.88 Å². The van der Waals surface area contributed by atoms with Gasteiger partial charge in [0, 0.05) is 18.5 Å². The van der Waals surface area contributed by atoms with Crippen LogP contribution in [-0.4, -0.2) is 15.1 Å². The second-order valence-corrected chi connectivity index (χ2v) is 7.03. The molecule has 0 aliphatic carbocycles. The van der Waals surface area contributed by atoms with Crippen molar-refractivity contribution in [3.63, 3.8) is 0 Å². The van der Waals surface area contributed by atoms with Gasteiger partial charge in [0.15, 0.2) is 0 Å². The number of aryl methyl sites for hydroxylation is 1. The van der Waals surface area contributed by atoms with E-state index in [1.165, 1.54) is 0 Å². The topological polar surface area (TPSA) is 77.8 Å². The Bertz CT molecular complexity index is 789. The maximum Gasteiger partial charge on any atom is 0.270 e. The Morgan fingerprint density at radius 2 is 1.91 bits per heavy atom. The minimum atomic E-state index is 0.524. The fourth-order valence-corrected chi connectivity index (χ4v) is 3.51. The van der Waals surface area contributed by atoms with Crippen LogP contribution in [0.15, 0.2) is 28.8 Å². The van der Waals surface area contributed by atoms with Crippen LogP contribution in [0, 0.1) is 12.8 Å². The highest BCUT2D eigenvalue weighted by Gasteiger charge is 2.17. The van der Waals surface area contributed by atoms with Gasteiger partial charge in [-0.2, -0.15) is 4.98 Å². The molecule has 0 amide bonds. The zero-order valence-corrected chi connectivity index (χ0v) is 14.4. The summed E-state index contributed by atoms with van der Waals surface area (Å²) in [5.74, 6) is 1.70. The number of nitrogens with zero attached hydrogens (tertiary/aromatic N) is 3. The number of benzene rings is 1. The molecule has 0 spiro atoms. The van der Waals surface area contributed by atoms with Gasteiger partial charge in [-0.3, -0.25) is 0 Å². The molecule has 2 aromatic heterocycles. The van der Waals surface area contributed by atoms with Crippen molar-refractivity contribution in [2.24, 2.45) is 11.7 Å². The van der Waals surface area contributed by atoms with Crippen LogP contribution in [-0.2, 0) is 13.0 Å². The summed E-state index contributed by atoms with van der Waals surface area (Å²) in [5.41, 5.74) is 8.56. The first kappa shape index (κ1) is 15.8. The molecule has 3 rings (SSSR count). The first-order valence-electron chi connectivity index (χ1n) is 7.66. The number of hydrogen-bond acceptors (Lipinski definition) is 6. The van der Waals surface area contributed by atoms with Gasteiger partial charge in [-0.1, -0.05) is 43.3 Å². The van der Waals surface area contributed by atoms with Crippen molar-refractivity contribution in [3.05, 3.63) is 40.5 Å². The second-order valence-electron chi connectivity index (χ2n) is 5.94. The molecule has 5 nitrogen and oxygen atoms in total. The SMILES string of the molecule is Cc1nc(CC(C)C)sc1-c1nc(-c2ccc(CN)cc2)no1. The van der Waals surface area contributed by atoms with Crippen molar-refractivity contribution in [1.29, 1.82) is 0 Å². The number of hydrogen-bond donors (Lipinski definition) is 1. The summed E-state index contributed by atoms with van der Waals surface area (Å²) in [6.45, 7) is 6.88. The maximum atomic E-state index is 5.62. The Hall–Kier alpha value is -2.05. The van der Waals surface area contributed by atoms with Crippen LogP contribution < -0.4 is 5.73 Å². The number of rotatable bonds is 5. The second kappa shape index (κ2) is 6.60. The molecule has 0 atom stereocenters. The molecule has 0 fully saturated rings. The third-order valence-corrected chi connectivity index (χ3v) is 4.66. The Morgan fingerprint density at radius 3 is 2.57 bits per heavy atom. The Balaban J connectivity index is 1.87. The predicted molar refractivity (Wildman–Crippen MR) is 92.0 cm³/mol. The molecule has 1 aromatic carbocycles. The number of nitrogens with two attached hydrogens (primary N) is 1. The van der Waals surface area contributed by atoms with E-state index in [9.17, 15) is 0 Å². The lowest BCUT2D eigenvalue weighted by atomic mass is 10.1. The number of thiazole rings is 1. The Labute approximate surface area is 139 Å². The molecule has 6 heteroatoms. The highest BCUT2D eigenvalue weighted by atomic mass is 32.1. The molecule has 0 bridgehead atoms. The Kier molecular flexibility index (Phi) is 4.54. The minimum Gasteiger partial charge on any atom is -0.333 e. The zero-order valence-electron chi connectivity index (χ0n) is 13.5. The van der Waals surface area contributed by atoms with Gasteiger partial charge in [0.05, 0.1) is 10.7 Å². The van der Waals surface area contributed by atoms with Gasteiger partial charge in [-0.05, 0) is 18.4 Å². The summed E-state index contributed by atoms with van der Waals surface area (Å²) >= 11 is 1.63. The molecule has 0 aliphatic rings. The van der Waals surface area contributed by atoms with Gasteiger partial charge in [-0.25, -0.2) is 4.98 Å². The summed E-state index contributed by atoms with van der Waals surface area (Å²) in [4.78, 5) is 10.1. The van der Waals surface area contributed by atoms with Gasteiger partial charge in [-0.15, -0.1) is 11.3 Å². The van der Waals surface area contributed by atoms with Crippen molar-refractivity contribution in [2.45, 2.75) is 33.7 Å². The van der Waals surface area contributed by atoms with Crippen molar-refractivity contribution in [2.75, 3.05) is 0 Å². The first-order valence-corrected chi connectivity index (χ1v) is 8.48. The standard InChI is InChI=1S/C17H20N4OS/c1-10(2)8-14-19-11(3)15(23-14)17-20-16(21-22-17)13-6-4-12(9-18)5-7-13/h4-7,10H,8-9,18H2,1-3H3. The summed E-state index contributed by atoms with van der Waals surface area (Å²) in [5, 5.41) is 5.20. The van der Waals surface area contributed by atoms with Crippen LogP contribution in [0.3, 0.4) is 0 Å². The van der Waals surface area contributed by atoms with E-state index in [0.29, 0.717) is 24.2 Å². The summed E-state index contributed by atoms with van der Waals surface area (Å²) < 4.78 is 5.45. The molecule has 0 unspecified atom stereocenters. The maximum absolute atomic E-state index is 5.62. The van der Waals surface area contributed by atoms with Crippen molar-refractivity contribution in [3.8, 4) is 22.2 Å². The van der Waals surface area contributed by atoms with E-state index in [2.05, 4.69) is 29.0 Å².